The summed E-state index contributed by atoms with van der Waals surface area (Å²) in [6.45, 7) is 4.87. The van der Waals surface area contributed by atoms with Crippen LogP contribution < -0.4 is 0 Å². The van der Waals surface area contributed by atoms with Crippen molar-refractivity contribution in [3.63, 3.8) is 0 Å². The average molecular weight is 422 g/mol. The summed E-state index contributed by atoms with van der Waals surface area (Å²) in [5, 5.41) is 11.7. The molecule has 0 saturated heterocycles. The second-order valence-corrected chi connectivity index (χ2v) is 8.40. The van der Waals surface area contributed by atoms with Gasteiger partial charge in [-0.2, -0.15) is 0 Å². The maximum Gasteiger partial charge on any atom is 0.112 e. The standard InChI is InChI=1S/C20H21Cl2N3OS/c1-13(2)19-20(27-17-10-14(21)9-15(22)11-17)25(18(24-19)6-8-26)12-16-5-3-4-7-23-16/h3-5,7,9-11,13,26H,6,8,12H2,1-2H3. The molecule has 142 valence electrons. The molecule has 27 heavy (non-hydrogen) atoms. The van der Waals surface area contributed by atoms with Gasteiger partial charge < -0.3 is 9.67 Å². The van der Waals surface area contributed by atoms with Crippen molar-refractivity contribution in [1.82, 2.24) is 14.5 Å². The van der Waals surface area contributed by atoms with E-state index in [2.05, 4.69) is 23.4 Å². The number of nitrogens with zero attached hydrogens (tertiary/aromatic N) is 3. The minimum Gasteiger partial charge on any atom is -0.396 e. The lowest BCUT2D eigenvalue weighted by molar-refractivity contribution is 0.294. The third-order valence-electron chi connectivity index (χ3n) is 4.00. The van der Waals surface area contributed by atoms with Gasteiger partial charge in [0.2, 0.25) is 0 Å². The SMILES string of the molecule is CC(C)c1nc(CCO)n(Cc2ccccn2)c1Sc1cc(Cl)cc(Cl)c1. The van der Waals surface area contributed by atoms with E-state index in [0.29, 0.717) is 23.0 Å². The summed E-state index contributed by atoms with van der Waals surface area (Å²) in [5.74, 6) is 1.09. The molecule has 0 amide bonds. The molecule has 1 N–H and O–H groups in total. The lowest BCUT2D eigenvalue weighted by Crippen LogP contribution is -2.09. The number of aliphatic hydroxyl groups excluding tert-OH is 1. The van der Waals surface area contributed by atoms with Crippen LogP contribution in [0, 0.1) is 0 Å². The van der Waals surface area contributed by atoms with E-state index in [1.54, 1.807) is 24.0 Å². The molecule has 3 aromatic rings. The fourth-order valence-corrected chi connectivity index (χ4v) is 4.71. The van der Waals surface area contributed by atoms with Crippen LogP contribution in [0.2, 0.25) is 10.0 Å². The third kappa shape index (κ3) is 5.05. The van der Waals surface area contributed by atoms with Gasteiger partial charge in [-0.1, -0.05) is 54.9 Å². The Labute approximate surface area is 173 Å². The normalized spacial score (nSPS) is 11.3. The summed E-state index contributed by atoms with van der Waals surface area (Å²) in [7, 11) is 0. The second kappa shape index (κ2) is 9.11. The molecular formula is C20H21Cl2N3OS. The van der Waals surface area contributed by atoms with Gasteiger partial charge in [-0.05, 0) is 36.2 Å². The topological polar surface area (TPSA) is 50.9 Å². The highest BCUT2D eigenvalue weighted by Crippen LogP contribution is 2.37. The highest BCUT2D eigenvalue weighted by molar-refractivity contribution is 7.99. The number of imidazole rings is 1. The van der Waals surface area contributed by atoms with Crippen molar-refractivity contribution in [1.29, 1.82) is 0 Å². The summed E-state index contributed by atoms with van der Waals surface area (Å²) < 4.78 is 2.13. The molecule has 2 heterocycles. The van der Waals surface area contributed by atoms with Gasteiger partial charge in [0.1, 0.15) is 10.9 Å². The summed E-state index contributed by atoms with van der Waals surface area (Å²) >= 11 is 13.9. The van der Waals surface area contributed by atoms with Gasteiger partial charge in [0.15, 0.2) is 0 Å². The summed E-state index contributed by atoms with van der Waals surface area (Å²) in [4.78, 5) is 10.2. The third-order valence-corrected chi connectivity index (χ3v) is 5.54. The van der Waals surface area contributed by atoms with Crippen LogP contribution in [0.5, 0.6) is 0 Å². The van der Waals surface area contributed by atoms with Gasteiger partial charge in [-0.15, -0.1) is 0 Å². The van der Waals surface area contributed by atoms with Crippen LogP contribution in [0.3, 0.4) is 0 Å². The van der Waals surface area contributed by atoms with Crippen LogP contribution in [0.4, 0.5) is 0 Å². The first-order chi connectivity index (χ1) is 13.0. The van der Waals surface area contributed by atoms with Crippen molar-refractivity contribution >= 4 is 35.0 Å². The fraction of sp³-hybridized carbons (Fsp3) is 0.300. The molecule has 0 unspecified atom stereocenters. The van der Waals surface area contributed by atoms with Crippen LogP contribution in [-0.4, -0.2) is 26.2 Å². The van der Waals surface area contributed by atoms with Crippen LogP contribution in [-0.2, 0) is 13.0 Å². The molecule has 1 aromatic carbocycles. The predicted molar refractivity (Wildman–Crippen MR) is 111 cm³/mol. The van der Waals surface area contributed by atoms with Crippen molar-refractivity contribution in [3.05, 3.63) is 69.9 Å². The zero-order valence-corrected chi connectivity index (χ0v) is 17.5. The van der Waals surface area contributed by atoms with E-state index in [1.807, 2.05) is 30.3 Å². The molecule has 7 heteroatoms. The van der Waals surface area contributed by atoms with E-state index in [0.717, 1.165) is 27.1 Å². The number of aliphatic hydroxyl groups is 1. The Balaban J connectivity index is 2.08. The van der Waals surface area contributed by atoms with Gasteiger partial charge in [-0.25, -0.2) is 4.98 Å². The highest BCUT2D eigenvalue weighted by Gasteiger charge is 2.21. The van der Waals surface area contributed by atoms with Gasteiger partial charge in [0.25, 0.3) is 0 Å². The van der Waals surface area contributed by atoms with Gasteiger partial charge >= 0.3 is 0 Å². The zero-order valence-electron chi connectivity index (χ0n) is 15.2. The first kappa shape index (κ1) is 20.2. The Morgan fingerprint density at radius 2 is 1.89 bits per heavy atom. The number of aromatic nitrogens is 3. The summed E-state index contributed by atoms with van der Waals surface area (Å²) in [6, 6.07) is 11.4. The van der Waals surface area contributed by atoms with Crippen molar-refractivity contribution in [2.24, 2.45) is 0 Å². The van der Waals surface area contributed by atoms with Gasteiger partial charge in [-0.3, -0.25) is 4.98 Å². The number of rotatable bonds is 7. The lowest BCUT2D eigenvalue weighted by Gasteiger charge is -2.13. The molecule has 0 radical (unpaired) electrons. The second-order valence-electron chi connectivity index (χ2n) is 6.46. The maximum atomic E-state index is 9.50. The van der Waals surface area contributed by atoms with Gasteiger partial charge in [0.05, 0.1) is 24.5 Å². The smallest absolute Gasteiger partial charge is 0.112 e. The Kier molecular flexibility index (Phi) is 6.82. The number of hydrogen-bond acceptors (Lipinski definition) is 4. The minimum atomic E-state index is 0.0455. The Bertz CT molecular complexity index is 893. The van der Waals surface area contributed by atoms with Crippen molar-refractivity contribution < 1.29 is 5.11 Å². The van der Waals surface area contributed by atoms with Gasteiger partial charge in [0, 0.05) is 27.6 Å². The average Bonchev–Trinajstić information content (AvgIpc) is 2.93. The van der Waals surface area contributed by atoms with Crippen LogP contribution in [0.15, 0.2) is 52.5 Å². The molecule has 0 aliphatic carbocycles. The van der Waals surface area contributed by atoms with Crippen LogP contribution in [0.1, 0.15) is 37.0 Å². The van der Waals surface area contributed by atoms with Crippen molar-refractivity contribution in [3.8, 4) is 0 Å². The van der Waals surface area contributed by atoms with Crippen LogP contribution >= 0.6 is 35.0 Å². The predicted octanol–water partition coefficient (Wildman–Crippen LogP) is 5.44. The number of pyridine rings is 1. The molecule has 0 fully saturated rings. The Morgan fingerprint density at radius 3 is 2.48 bits per heavy atom. The van der Waals surface area contributed by atoms with E-state index in [-0.39, 0.29) is 12.5 Å². The minimum absolute atomic E-state index is 0.0455. The number of benzene rings is 1. The molecule has 0 bridgehead atoms. The highest BCUT2D eigenvalue weighted by atomic mass is 35.5. The monoisotopic (exact) mass is 421 g/mol. The molecule has 0 atom stereocenters. The van der Waals surface area contributed by atoms with E-state index in [9.17, 15) is 5.11 Å². The molecule has 0 aliphatic heterocycles. The van der Waals surface area contributed by atoms with E-state index >= 15 is 0 Å². The molecule has 4 nitrogen and oxygen atoms in total. The van der Waals surface area contributed by atoms with E-state index < -0.39 is 0 Å². The van der Waals surface area contributed by atoms with Crippen molar-refractivity contribution in [2.75, 3.05) is 6.61 Å². The van der Waals surface area contributed by atoms with Crippen LogP contribution in [0.25, 0.3) is 0 Å². The molecular weight excluding hydrogens is 401 g/mol. The Hall–Kier alpha value is -1.53. The molecule has 0 spiro atoms. The largest absolute Gasteiger partial charge is 0.396 e. The number of halogens is 2. The molecule has 3 rings (SSSR count). The van der Waals surface area contributed by atoms with Crippen molar-refractivity contribution in [2.45, 2.75) is 42.7 Å². The zero-order chi connectivity index (χ0) is 19.4. The maximum absolute atomic E-state index is 9.50. The summed E-state index contributed by atoms with van der Waals surface area (Å²) in [6.07, 6.45) is 2.27. The quantitative estimate of drug-likeness (QED) is 0.551. The van der Waals surface area contributed by atoms with E-state index in [1.165, 1.54) is 0 Å². The molecule has 2 aromatic heterocycles. The summed E-state index contributed by atoms with van der Waals surface area (Å²) in [5.41, 5.74) is 1.94. The molecule has 0 aliphatic rings. The first-order valence-electron chi connectivity index (χ1n) is 8.72. The van der Waals surface area contributed by atoms with E-state index in [4.69, 9.17) is 28.2 Å². The fourth-order valence-electron chi connectivity index (χ4n) is 2.79. The number of hydrogen-bond donors (Lipinski definition) is 1. The first-order valence-corrected chi connectivity index (χ1v) is 10.3. The molecule has 0 saturated carbocycles. The Morgan fingerprint density at radius 1 is 1.15 bits per heavy atom. The lowest BCUT2D eigenvalue weighted by atomic mass is 10.1.